The highest BCUT2D eigenvalue weighted by Crippen LogP contribution is 2.38. The number of carbonyl (C=O) groups is 1. The van der Waals surface area contributed by atoms with E-state index in [0.29, 0.717) is 24.5 Å². The lowest BCUT2D eigenvalue weighted by molar-refractivity contribution is 0.0970. The summed E-state index contributed by atoms with van der Waals surface area (Å²) < 4.78 is 0. The van der Waals surface area contributed by atoms with E-state index in [2.05, 4.69) is 12.2 Å². The number of nitrogens with zero attached hydrogens (tertiary/aromatic N) is 1. The van der Waals surface area contributed by atoms with Gasteiger partial charge in [-0.05, 0) is 31.6 Å². The number of hydrogen-bond acceptors (Lipinski definition) is 2. The molecule has 2 aliphatic rings. The predicted molar refractivity (Wildman–Crippen MR) is 53.3 cm³/mol. The van der Waals surface area contributed by atoms with Gasteiger partial charge in [-0.2, -0.15) is 0 Å². The van der Waals surface area contributed by atoms with E-state index in [1.165, 1.54) is 11.3 Å². The molecule has 0 unspecified atom stereocenters. The fourth-order valence-electron chi connectivity index (χ4n) is 2.74. The van der Waals surface area contributed by atoms with E-state index in [1.54, 1.807) is 0 Å². The van der Waals surface area contributed by atoms with Crippen molar-refractivity contribution in [3.05, 3.63) is 0 Å². The van der Waals surface area contributed by atoms with E-state index < -0.39 is 6.09 Å². The molecular formula is C10H18N2O2. The van der Waals surface area contributed by atoms with Crippen LogP contribution in [0.15, 0.2) is 0 Å². The third-order valence-corrected chi connectivity index (χ3v) is 3.66. The number of amides is 1. The van der Waals surface area contributed by atoms with Gasteiger partial charge >= 0.3 is 6.09 Å². The second-order valence-corrected chi connectivity index (χ2v) is 4.76. The summed E-state index contributed by atoms with van der Waals surface area (Å²) in [7, 11) is 0. The smallest absolute Gasteiger partial charge is 0.407 e. The van der Waals surface area contributed by atoms with Gasteiger partial charge in [0.2, 0.25) is 0 Å². The van der Waals surface area contributed by atoms with Crippen molar-refractivity contribution in [2.75, 3.05) is 19.6 Å². The first-order valence-electron chi connectivity index (χ1n) is 5.33. The first kappa shape index (κ1) is 9.77. The molecule has 0 saturated carbocycles. The molecule has 1 atom stereocenters. The minimum atomic E-state index is -0.765. The number of hydrogen-bond donors (Lipinski definition) is 2. The molecule has 0 aromatic heterocycles. The van der Waals surface area contributed by atoms with Gasteiger partial charge in [0.05, 0.1) is 0 Å². The van der Waals surface area contributed by atoms with Crippen LogP contribution < -0.4 is 5.32 Å². The van der Waals surface area contributed by atoms with Crippen LogP contribution in [0, 0.1) is 5.41 Å². The number of piperidine rings is 1. The fourth-order valence-corrected chi connectivity index (χ4v) is 2.74. The number of carboxylic acid groups (broad SMARTS) is 1. The highest BCUT2D eigenvalue weighted by Gasteiger charge is 2.40. The second-order valence-electron chi connectivity index (χ2n) is 4.76. The molecule has 80 valence electrons. The summed E-state index contributed by atoms with van der Waals surface area (Å²) >= 11 is 0. The van der Waals surface area contributed by atoms with Crippen LogP contribution in [-0.2, 0) is 0 Å². The molecule has 2 N–H and O–H groups in total. The van der Waals surface area contributed by atoms with Crippen LogP contribution in [0.3, 0.4) is 0 Å². The molecule has 4 nitrogen and oxygen atoms in total. The molecule has 0 aliphatic carbocycles. The summed E-state index contributed by atoms with van der Waals surface area (Å²) in [5, 5.41) is 12.3. The number of rotatable bonds is 0. The predicted octanol–water partition coefficient (Wildman–Crippen LogP) is 1.13. The van der Waals surface area contributed by atoms with Gasteiger partial charge in [0, 0.05) is 25.7 Å². The normalized spacial score (nSPS) is 30.9. The zero-order chi connectivity index (χ0) is 10.2. The van der Waals surface area contributed by atoms with Gasteiger partial charge in [-0.25, -0.2) is 4.79 Å². The molecule has 2 rings (SSSR count). The van der Waals surface area contributed by atoms with Gasteiger partial charge < -0.3 is 15.3 Å². The number of nitrogens with one attached hydrogen (secondary N) is 1. The molecule has 2 fully saturated rings. The van der Waals surface area contributed by atoms with Crippen molar-refractivity contribution in [2.24, 2.45) is 5.41 Å². The third kappa shape index (κ3) is 1.71. The van der Waals surface area contributed by atoms with E-state index in [4.69, 9.17) is 5.11 Å². The van der Waals surface area contributed by atoms with Crippen LogP contribution in [0.25, 0.3) is 0 Å². The van der Waals surface area contributed by atoms with Crippen molar-refractivity contribution in [2.45, 2.75) is 32.2 Å². The van der Waals surface area contributed by atoms with Crippen molar-refractivity contribution < 1.29 is 9.90 Å². The van der Waals surface area contributed by atoms with Crippen LogP contribution in [0.4, 0.5) is 4.79 Å². The Morgan fingerprint density at radius 1 is 1.50 bits per heavy atom. The zero-order valence-corrected chi connectivity index (χ0v) is 8.62. The SMILES string of the molecule is C[C@H]1CC2(CCN(C(=O)O)CC2)CN1. The van der Waals surface area contributed by atoms with E-state index in [-0.39, 0.29) is 0 Å². The average Bonchev–Trinajstić information content (AvgIpc) is 2.48. The summed E-state index contributed by atoms with van der Waals surface area (Å²) in [6.07, 6.45) is 2.49. The molecule has 14 heavy (non-hydrogen) atoms. The maximum Gasteiger partial charge on any atom is 0.407 e. The average molecular weight is 198 g/mol. The highest BCUT2D eigenvalue weighted by atomic mass is 16.4. The second kappa shape index (κ2) is 3.42. The van der Waals surface area contributed by atoms with Gasteiger partial charge in [0.1, 0.15) is 0 Å². The van der Waals surface area contributed by atoms with Crippen LogP contribution in [0.1, 0.15) is 26.2 Å². The zero-order valence-electron chi connectivity index (χ0n) is 8.62. The summed E-state index contributed by atoms with van der Waals surface area (Å²) in [6.45, 7) is 4.70. The third-order valence-electron chi connectivity index (χ3n) is 3.66. The summed E-state index contributed by atoms with van der Waals surface area (Å²) in [5.74, 6) is 0. The molecular weight excluding hydrogens is 180 g/mol. The van der Waals surface area contributed by atoms with Crippen LogP contribution in [0.5, 0.6) is 0 Å². The van der Waals surface area contributed by atoms with Crippen LogP contribution in [-0.4, -0.2) is 41.8 Å². The lowest BCUT2D eigenvalue weighted by atomic mass is 9.77. The molecule has 1 spiro atoms. The topological polar surface area (TPSA) is 52.6 Å². The summed E-state index contributed by atoms with van der Waals surface area (Å²) in [6, 6.07) is 0.603. The standard InChI is InChI=1S/C10H18N2O2/c1-8-6-10(7-11-8)2-4-12(5-3-10)9(13)14/h8,11H,2-7H2,1H3,(H,13,14)/t8-/m0/s1. The fraction of sp³-hybridized carbons (Fsp3) is 0.900. The van der Waals surface area contributed by atoms with Crippen molar-refractivity contribution in [3.63, 3.8) is 0 Å². The van der Waals surface area contributed by atoms with Crippen molar-refractivity contribution >= 4 is 6.09 Å². The van der Waals surface area contributed by atoms with Gasteiger partial charge in [-0.1, -0.05) is 0 Å². The van der Waals surface area contributed by atoms with Crippen molar-refractivity contribution in [1.29, 1.82) is 0 Å². The molecule has 0 aromatic rings. The maximum atomic E-state index is 10.7. The molecule has 2 saturated heterocycles. The Hall–Kier alpha value is -0.770. The first-order chi connectivity index (χ1) is 6.61. The summed E-state index contributed by atoms with van der Waals surface area (Å²) in [4.78, 5) is 12.3. The minimum Gasteiger partial charge on any atom is -0.465 e. The molecule has 0 bridgehead atoms. The number of likely N-dealkylation sites (tertiary alicyclic amines) is 1. The Bertz CT molecular complexity index is 234. The van der Waals surface area contributed by atoms with Crippen LogP contribution >= 0.6 is 0 Å². The lowest BCUT2D eigenvalue weighted by Crippen LogP contribution is -2.43. The first-order valence-corrected chi connectivity index (χ1v) is 5.33. The Morgan fingerprint density at radius 3 is 2.57 bits per heavy atom. The van der Waals surface area contributed by atoms with Gasteiger partial charge in [0.15, 0.2) is 0 Å². The lowest BCUT2D eigenvalue weighted by Gasteiger charge is -2.37. The molecule has 1 amide bonds. The Morgan fingerprint density at radius 2 is 2.14 bits per heavy atom. The Kier molecular flexibility index (Phi) is 2.39. The van der Waals surface area contributed by atoms with Crippen molar-refractivity contribution in [1.82, 2.24) is 10.2 Å². The molecule has 2 aliphatic heterocycles. The van der Waals surface area contributed by atoms with Crippen molar-refractivity contribution in [3.8, 4) is 0 Å². The molecule has 0 radical (unpaired) electrons. The van der Waals surface area contributed by atoms with Gasteiger partial charge in [0.25, 0.3) is 0 Å². The van der Waals surface area contributed by atoms with Gasteiger partial charge in [-0.3, -0.25) is 0 Å². The molecule has 2 heterocycles. The van der Waals surface area contributed by atoms with E-state index in [1.807, 2.05) is 0 Å². The van der Waals surface area contributed by atoms with Crippen LogP contribution in [0.2, 0.25) is 0 Å². The molecule has 4 heteroatoms. The van der Waals surface area contributed by atoms with E-state index >= 15 is 0 Å². The minimum absolute atomic E-state index is 0.394. The Balaban J connectivity index is 1.92. The van der Waals surface area contributed by atoms with Gasteiger partial charge in [-0.15, -0.1) is 0 Å². The highest BCUT2D eigenvalue weighted by molar-refractivity contribution is 5.65. The molecule has 0 aromatic carbocycles. The van der Waals surface area contributed by atoms with E-state index in [0.717, 1.165) is 19.4 Å². The Labute approximate surface area is 84.3 Å². The van der Waals surface area contributed by atoms with E-state index in [9.17, 15) is 4.79 Å². The largest absolute Gasteiger partial charge is 0.465 e. The summed E-state index contributed by atoms with van der Waals surface area (Å²) in [5.41, 5.74) is 0.394. The quantitative estimate of drug-likeness (QED) is 0.613. The maximum absolute atomic E-state index is 10.7. The monoisotopic (exact) mass is 198 g/mol.